The van der Waals surface area contributed by atoms with Crippen LogP contribution >= 0.6 is 22.6 Å². The molecular weight excluding hydrogens is 305 g/mol. The highest BCUT2D eigenvalue weighted by Gasteiger charge is 2.03. The fourth-order valence-electron chi connectivity index (χ4n) is 1.22. The second-order valence-corrected chi connectivity index (χ2v) is 4.21. The number of rotatable bonds is 6. The average Bonchev–Trinajstić information content (AvgIpc) is 2.27. The van der Waals surface area contributed by atoms with Crippen molar-refractivity contribution in [1.29, 1.82) is 0 Å². The average molecular weight is 321 g/mol. The third kappa shape index (κ3) is 4.29. The van der Waals surface area contributed by atoms with Gasteiger partial charge < -0.3 is 9.64 Å². The lowest BCUT2D eigenvalue weighted by Gasteiger charge is -2.17. The van der Waals surface area contributed by atoms with Gasteiger partial charge in [-0.25, -0.2) is 9.97 Å². The molecule has 0 saturated carbocycles. The second-order valence-electron chi connectivity index (χ2n) is 3.05. The lowest BCUT2D eigenvalue weighted by atomic mass is 10.5. The Morgan fingerprint density at radius 1 is 1.40 bits per heavy atom. The molecule has 15 heavy (non-hydrogen) atoms. The van der Waals surface area contributed by atoms with E-state index >= 15 is 0 Å². The van der Waals surface area contributed by atoms with Gasteiger partial charge in [-0.1, -0.05) is 13.8 Å². The zero-order valence-corrected chi connectivity index (χ0v) is 11.3. The minimum Gasteiger partial charge on any atom is -0.475 e. The first kappa shape index (κ1) is 12.6. The minimum atomic E-state index is 0.675. The van der Waals surface area contributed by atoms with E-state index in [0.29, 0.717) is 12.5 Å². The van der Waals surface area contributed by atoms with E-state index in [9.17, 15) is 0 Å². The van der Waals surface area contributed by atoms with Crippen LogP contribution in [0.5, 0.6) is 5.88 Å². The van der Waals surface area contributed by atoms with Gasteiger partial charge >= 0.3 is 0 Å². The lowest BCUT2D eigenvalue weighted by molar-refractivity contribution is 0.216. The predicted molar refractivity (Wildman–Crippen MR) is 68.0 cm³/mol. The predicted octanol–water partition coefficient (Wildman–Crippen LogP) is 1.80. The Bertz CT molecular complexity index is 292. The van der Waals surface area contributed by atoms with Crippen LogP contribution in [0.1, 0.15) is 13.8 Å². The minimum absolute atomic E-state index is 0.675. The largest absolute Gasteiger partial charge is 0.475 e. The molecule has 0 unspecified atom stereocenters. The molecule has 1 rings (SSSR count). The molecule has 0 amide bonds. The molecule has 1 aromatic rings. The number of hydrogen-bond acceptors (Lipinski definition) is 4. The highest BCUT2D eigenvalue weighted by atomic mass is 127. The van der Waals surface area contributed by atoms with Crippen LogP contribution in [0, 0.1) is 3.57 Å². The molecule has 1 aromatic heterocycles. The number of likely N-dealkylation sites (N-methyl/N-ethyl adjacent to an activating group) is 1. The summed E-state index contributed by atoms with van der Waals surface area (Å²) in [5, 5.41) is 0. The first-order valence-electron chi connectivity index (χ1n) is 5.08. The Kier molecular flexibility index (Phi) is 5.85. The van der Waals surface area contributed by atoms with Gasteiger partial charge in [0.15, 0.2) is 0 Å². The van der Waals surface area contributed by atoms with Gasteiger partial charge in [-0.15, -0.1) is 0 Å². The number of aromatic nitrogens is 2. The van der Waals surface area contributed by atoms with Crippen LogP contribution in [0.3, 0.4) is 0 Å². The van der Waals surface area contributed by atoms with Gasteiger partial charge in [0.1, 0.15) is 12.9 Å². The molecule has 84 valence electrons. The molecule has 0 N–H and O–H groups in total. The van der Waals surface area contributed by atoms with E-state index in [2.05, 4.69) is 51.3 Å². The summed E-state index contributed by atoms with van der Waals surface area (Å²) in [6.07, 6.45) is 3.26. The van der Waals surface area contributed by atoms with Crippen LogP contribution in [-0.4, -0.2) is 41.1 Å². The monoisotopic (exact) mass is 321 g/mol. The molecule has 0 aliphatic rings. The highest BCUT2D eigenvalue weighted by molar-refractivity contribution is 14.1. The van der Waals surface area contributed by atoms with Crippen LogP contribution in [0.2, 0.25) is 0 Å². The maximum atomic E-state index is 5.57. The van der Waals surface area contributed by atoms with E-state index in [0.717, 1.165) is 23.2 Å². The van der Waals surface area contributed by atoms with E-state index in [1.165, 1.54) is 6.33 Å². The summed E-state index contributed by atoms with van der Waals surface area (Å²) in [6, 6.07) is 0. The maximum absolute atomic E-state index is 5.57. The van der Waals surface area contributed by atoms with Crippen LogP contribution in [0.4, 0.5) is 0 Å². The van der Waals surface area contributed by atoms with E-state index < -0.39 is 0 Å². The summed E-state index contributed by atoms with van der Waals surface area (Å²) >= 11 is 2.17. The van der Waals surface area contributed by atoms with Crippen molar-refractivity contribution < 1.29 is 4.74 Å². The van der Waals surface area contributed by atoms with Gasteiger partial charge in [0.25, 0.3) is 0 Å². The molecule has 0 atom stereocenters. The number of ether oxygens (including phenoxy) is 1. The molecular formula is C10H16IN3O. The molecule has 0 aliphatic heterocycles. The van der Waals surface area contributed by atoms with E-state index in [1.54, 1.807) is 6.20 Å². The van der Waals surface area contributed by atoms with Gasteiger partial charge in [0, 0.05) is 12.7 Å². The molecule has 0 bridgehead atoms. The van der Waals surface area contributed by atoms with Gasteiger partial charge in [0.2, 0.25) is 5.88 Å². The number of hydrogen-bond donors (Lipinski definition) is 0. The maximum Gasteiger partial charge on any atom is 0.230 e. The standard InChI is InChI=1S/C10H16IN3O/c1-3-14(4-2)5-6-15-10-9(11)7-12-8-13-10/h7-8H,3-6H2,1-2H3. The molecule has 5 heteroatoms. The molecule has 0 aromatic carbocycles. The first-order chi connectivity index (χ1) is 7.27. The third-order valence-corrected chi connectivity index (χ3v) is 2.91. The molecule has 0 spiro atoms. The van der Waals surface area contributed by atoms with Crippen molar-refractivity contribution in [3.63, 3.8) is 0 Å². The van der Waals surface area contributed by atoms with Gasteiger partial charge in [0.05, 0.1) is 3.57 Å². The van der Waals surface area contributed by atoms with Gasteiger partial charge in [-0.2, -0.15) is 0 Å². The highest BCUT2D eigenvalue weighted by Crippen LogP contribution is 2.14. The fourth-order valence-corrected chi connectivity index (χ4v) is 1.67. The van der Waals surface area contributed by atoms with Crippen molar-refractivity contribution >= 4 is 22.6 Å². The van der Waals surface area contributed by atoms with Crippen molar-refractivity contribution in [2.75, 3.05) is 26.2 Å². The van der Waals surface area contributed by atoms with Crippen LogP contribution in [0.15, 0.2) is 12.5 Å². The third-order valence-electron chi connectivity index (χ3n) is 2.17. The Morgan fingerprint density at radius 2 is 2.13 bits per heavy atom. The van der Waals surface area contributed by atoms with Crippen molar-refractivity contribution in [3.8, 4) is 5.88 Å². The van der Waals surface area contributed by atoms with Gasteiger partial charge in [-0.05, 0) is 35.7 Å². The van der Waals surface area contributed by atoms with Crippen molar-refractivity contribution in [2.24, 2.45) is 0 Å². The lowest BCUT2D eigenvalue weighted by Crippen LogP contribution is -2.28. The summed E-state index contributed by atoms with van der Waals surface area (Å²) in [6.45, 7) is 8.03. The SMILES string of the molecule is CCN(CC)CCOc1ncncc1I. The van der Waals surface area contributed by atoms with Gasteiger partial charge in [-0.3, -0.25) is 0 Å². The summed E-state index contributed by atoms with van der Waals surface area (Å²) in [4.78, 5) is 10.3. The fraction of sp³-hybridized carbons (Fsp3) is 0.600. The topological polar surface area (TPSA) is 38.2 Å². The number of halogens is 1. The van der Waals surface area contributed by atoms with E-state index in [4.69, 9.17) is 4.74 Å². The first-order valence-corrected chi connectivity index (χ1v) is 6.16. The zero-order chi connectivity index (χ0) is 11.1. The summed E-state index contributed by atoms with van der Waals surface area (Å²) in [5.41, 5.74) is 0. The molecule has 4 nitrogen and oxygen atoms in total. The van der Waals surface area contributed by atoms with Crippen molar-refractivity contribution in [1.82, 2.24) is 14.9 Å². The molecule has 0 radical (unpaired) electrons. The zero-order valence-electron chi connectivity index (χ0n) is 9.11. The summed E-state index contributed by atoms with van der Waals surface area (Å²) in [7, 11) is 0. The van der Waals surface area contributed by atoms with Crippen molar-refractivity contribution in [2.45, 2.75) is 13.8 Å². The molecule has 1 heterocycles. The molecule has 0 aliphatic carbocycles. The van der Waals surface area contributed by atoms with E-state index in [1.807, 2.05) is 0 Å². The van der Waals surface area contributed by atoms with Crippen LogP contribution in [0.25, 0.3) is 0 Å². The number of nitrogens with zero attached hydrogens (tertiary/aromatic N) is 3. The van der Waals surface area contributed by atoms with E-state index in [-0.39, 0.29) is 0 Å². The van der Waals surface area contributed by atoms with Crippen LogP contribution in [-0.2, 0) is 0 Å². The Morgan fingerprint density at radius 3 is 2.73 bits per heavy atom. The Labute approximate surface area is 104 Å². The Balaban J connectivity index is 2.34. The second kappa shape index (κ2) is 6.95. The normalized spacial score (nSPS) is 10.7. The Hall–Kier alpha value is -0.430. The van der Waals surface area contributed by atoms with Crippen LogP contribution < -0.4 is 4.74 Å². The summed E-state index contributed by atoms with van der Waals surface area (Å²) in [5.74, 6) is 0.678. The molecule has 0 saturated heterocycles. The van der Waals surface area contributed by atoms with Crippen molar-refractivity contribution in [3.05, 3.63) is 16.1 Å². The quantitative estimate of drug-likeness (QED) is 0.749. The molecule has 0 fully saturated rings. The smallest absolute Gasteiger partial charge is 0.230 e. The summed E-state index contributed by atoms with van der Waals surface area (Å²) < 4.78 is 6.52.